The van der Waals surface area contributed by atoms with Gasteiger partial charge in [-0.15, -0.1) is 0 Å². The highest BCUT2D eigenvalue weighted by atomic mass is 15.5. The summed E-state index contributed by atoms with van der Waals surface area (Å²) in [4.78, 5) is 2.38. The van der Waals surface area contributed by atoms with Gasteiger partial charge in [0, 0.05) is 6.92 Å². The van der Waals surface area contributed by atoms with Crippen molar-refractivity contribution in [2.75, 3.05) is 33.7 Å². The molecule has 2 nitrogen and oxygen atoms in total. The van der Waals surface area contributed by atoms with Gasteiger partial charge in [-0.2, -0.15) is 0 Å². The topological polar surface area (TPSA) is 3.24 Å². The Morgan fingerprint density at radius 3 is 1.78 bits per heavy atom. The Balaban J connectivity index is 4.11. The highest BCUT2D eigenvalue weighted by Crippen LogP contribution is 2.18. The lowest BCUT2D eigenvalue weighted by Gasteiger charge is -2.45. The summed E-state index contributed by atoms with van der Waals surface area (Å²) < 4.78 is 1.25. The van der Waals surface area contributed by atoms with Crippen molar-refractivity contribution in [1.82, 2.24) is 4.90 Å². The summed E-state index contributed by atoms with van der Waals surface area (Å²) in [5.41, 5.74) is 0. The largest absolute Gasteiger partial charge is 0.309 e. The molecule has 0 spiro atoms. The molecule has 18 heavy (non-hydrogen) atoms. The van der Waals surface area contributed by atoms with Gasteiger partial charge in [0.25, 0.3) is 0 Å². The first-order valence-corrected chi connectivity index (χ1v) is 8.06. The molecule has 1 unspecified atom stereocenters. The van der Waals surface area contributed by atoms with Gasteiger partial charge in [0.1, 0.15) is 6.17 Å². The Morgan fingerprint density at radius 2 is 1.33 bits per heavy atom. The second-order valence-electron chi connectivity index (χ2n) is 5.94. The summed E-state index contributed by atoms with van der Waals surface area (Å²) >= 11 is 0. The van der Waals surface area contributed by atoms with Gasteiger partial charge in [-0.1, -0.05) is 32.6 Å². The van der Waals surface area contributed by atoms with Crippen molar-refractivity contribution in [2.24, 2.45) is 0 Å². The first kappa shape index (κ1) is 17.9. The fraction of sp³-hybridized carbons (Fsp3) is 1.00. The van der Waals surface area contributed by atoms with E-state index in [1.165, 1.54) is 62.6 Å². The molecule has 0 aromatic heterocycles. The van der Waals surface area contributed by atoms with Crippen LogP contribution >= 0.6 is 0 Å². The second kappa shape index (κ2) is 9.80. The molecule has 0 radical (unpaired) electrons. The van der Waals surface area contributed by atoms with E-state index >= 15 is 0 Å². The highest BCUT2D eigenvalue weighted by molar-refractivity contribution is 4.53. The quantitative estimate of drug-likeness (QED) is 0.306. The van der Waals surface area contributed by atoms with E-state index in [0.29, 0.717) is 6.17 Å². The molecule has 0 bridgehead atoms. The van der Waals surface area contributed by atoms with Crippen molar-refractivity contribution in [3.8, 4) is 0 Å². The van der Waals surface area contributed by atoms with Gasteiger partial charge in [-0.25, -0.2) is 0 Å². The highest BCUT2D eigenvalue weighted by Gasteiger charge is 2.31. The summed E-state index contributed by atoms with van der Waals surface area (Å²) in [5, 5.41) is 0. The average molecular weight is 257 g/mol. The van der Waals surface area contributed by atoms with Crippen LogP contribution < -0.4 is 0 Å². The van der Waals surface area contributed by atoms with E-state index in [2.05, 4.69) is 46.7 Å². The molecule has 0 N–H and O–H groups in total. The molecule has 0 aromatic carbocycles. The zero-order valence-electron chi connectivity index (χ0n) is 13.8. The maximum Gasteiger partial charge on any atom is 0.141 e. The van der Waals surface area contributed by atoms with Gasteiger partial charge in [0.2, 0.25) is 0 Å². The van der Waals surface area contributed by atoms with E-state index in [-0.39, 0.29) is 0 Å². The van der Waals surface area contributed by atoms with E-state index in [0.717, 1.165) is 0 Å². The third kappa shape index (κ3) is 5.71. The lowest BCUT2D eigenvalue weighted by atomic mass is 10.1. The predicted molar refractivity (Wildman–Crippen MR) is 82.7 cm³/mol. The van der Waals surface area contributed by atoms with Crippen LogP contribution in [0, 0.1) is 0 Å². The molecule has 0 aliphatic rings. The molecule has 0 aliphatic heterocycles. The van der Waals surface area contributed by atoms with Gasteiger partial charge < -0.3 is 4.48 Å². The zero-order chi connectivity index (χ0) is 14.0. The van der Waals surface area contributed by atoms with Crippen LogP contribution in [0.2, 0.25) is 0 Å². The van der Waals surface area contributed by atoms with Gasteiger partial charge in [0.15, 0.2) is 0 Å². The van der Waals surface area contributed by atoms with Crippen LogP contribution in [0.4, 0.5) is 0 Å². The van der Waals surface area contributed by atoms with Crippen LogP contribution in [0.15, 0.2) is 0 Å². The maximum absolute atomic E-state index is 2.38. The third-order valence-electron chi connectivity index (χ3n) is 4.76. The Bertz CT molecular complexity index is 186. The van der Waals surface area contributed by atoms with E-state index in [9.17, 15) is 0 Å². The maximum atomic E-state index is 2.38. The second-order valence-corrected chi connectivity index (χ2v) is 5.94. The fourth-order valence-electron chi connectivity index (χ4n) is 2.95. The number of nitrogens with zero attached hydrogens (tertiary/aromatic N) is 2. The van der Waals surface area contributed by atoms with E-state index < -0.39 is 0 Å². The molecule has 0 aliphatic carbocycles. The smallest absolute Gasteiger partial charge is 0.141 e. The molecule has 0 heterocycles. The van der Waals surface area contributed by atoms with Crippen molar-refractivity contribution < 1.29 is 4.48 Å². The van der Waals surface area contributed by atoms with Crippen LogP contribution in [0.3, 0.4) is 0 Å². The van der Waals surface area contributed by atoms with Gasteiger partial charge in [-0.3, -0.25) is 4.90 Å². The van der Waals surface area contributed by atoms with Crippen molar-refractivity contribution in [3.05, 3.63) is 0 Å². The van der Waals surface area contributed by atoms with E-state index in [4.69, 9.17) is 0 Å². The lowest BCUT2D eigenvalue weighted by molar-refractivity contribution is -0.956. The molecule has 0 rings (SSSR count). The summed E-state index contributed by atoms with van der Waals surface area (Å²) in [6.45, 7) is 13.2. The first-order chi connectivity index (χ1) is 8.54. The van der Waals surface area contributed by atoms with Crippen molar-refractivity contribution in [3.63, 3.8) is 0 Å². The van der Waals surface area contributed by atoms with Gasteiger partial charge in [0.05, 0.1) is 19.6 Å². The predicted octanol–water partition coefficient (Wildman–Crippen LogP) is 4.11. The van der Waals surface area contributed by atoms with Crippen LogP contribution in [0.1, 0.15) is 66.2 Å². The van der Waals surface area contributed by atoms with Crippen LogP contribution in [0.5, 0.6) is 0 Å². The molecule has 0 amide bonds. The van der Waals surface area contributed by atoms with Gasteiger partial charge in [-0.05, 0) is 40.8 Å². The molecular formula is C16H37N2+. The molecule has 1 atom stereocenters. The molecule has 0 saturated heterocycles. The zero-order valence-corrected chi connectivity index (χ0v) is 13.8. The summed E-state index contributed by atoms with van der Waals surface area (Å²) in [5.74, 6) is 0. The monoisotopic (exact) mass is 257 g/mol. The number of rotatable bonds is 11. The lowest BCUT2D eigenvalue weighted by Crippen LogP contribution is -2.59. The molecule has 0 aromatic rings. The minimum absolute atomic E-state index is 0.635. The Labute approximate surface area is 116 Å². The van der Waals surface area contributed by atoms with E-state index in [1.54, 1.807) is 0 Å². The molecule has 0 saturated carbocycles. The normalized spacial score (nSPS) is 14.2. The molecule has 110 valence electrons. The van der Waals surface area contributed by atoms with Crippen molar-refractivity contribution in [2.45, 2.75) is 72.4 Å². The minimum atomic E-state index is 0.635. The number of hydrogen-bond donors (Lipinski definition) is 0. The number of hydrogen-bond acceptors (Lipinski definition) is 1. The van der Waals surface area contributed by atoms with Crippen molar-refractivity contribution in [1.29, 1.82) is 0 Å². The number of quaternary nitrogens is 1. The number of unbranched alkanes of at least 4 members (excludes halogenated alkanes) is 5. The molecule has 0 fully saturated rings. The Morgan fingerprint density at radius 1 is 0.833 bits per heavy atom. The first-order valence-electron chi connectivity index (χ1n) is 8.06. The summed E-state index contributed by atoms with van der Waals surface area (Å²) in [7, 11) is 4.43. The average Bonchev–Trinajstić information content (AvgIpc) is 2.38. The standard InChI is InChI=1S/C16H37N2/c1-7-10-11-12-13-14-15-18(8-2,9-3)16(4)17(5)6/h16H,7-15H2,1-6H3/q+1. The van der Waals surface area contributed by atoms with Crippen LogP contribution in [-0.4, -0.2) is 49.3 Å². The van der Waals surface area contributed by atoms with Gasteiger partial charge >= 0.3 is 0 Å². The molecular weight excluding hydrogens is 220 g/mol. The Hall–Kier alpha value is -0.0800. The Kier molecular flexibility index (Phi) is 9.76. The SMILES string of the molecule is CCCCCCCC[N+](CC)(CC)C(C)N(C)C. The van der Waals surface area contributed by atoms with Crippen LogP contribution in [-0.2, 0) is 0 Å². The minimum Gasteiger partial charge on any atom is -0.309 e. The van der Waals surface area contributed by atoms with Crippen LogP contribution in [0.25, 0.3) is 0 Å². The van der Waals surface area contributed by atoms with E-state index in [1.807, 2.05) is 0 Å². The summed E-state index contributed by atoms with van der Waals surface area (Å²) in [6.07, 6.45) is 9.06. The van der Waals surface area contributed by atoms with Crippen molar-refractivity contribution >= 4 is 0 Å². The molecule has 2 heteroatoms. The fourth-order valence-corrected chi connectivity index (χ4v) is 2.95. The third-order valence-corrected chi connectivity index (χ3v) is 4.76. The summed E-state index contributed by atoms with van der Waals surface area (Å²) in [6, 6.07) is 0.